The lowest BCUT2D eigenvalue weighted by Crippen LogP contribution is -2.21. The van der Waals surface area contributed by atoms with Crippen LogP contribution in [0.1, 0.15) is 30.6 Å². The van der Waals surface area contributed by atoms with Gasteiger partial charge in [0.15, 0.2) is 0 Å². The highest BCUT2D eigenvalue weighted by molar-refractivity contribution is 6.01. The van der Waals surface area contributed by atoms with Crippen molar-refractivity contribution in [1.29, 1.82) is 0 Å². The van der Waals surface area contributed by atoms with Crippen LogP contribution in [0.4, 0.5) is 13.2 Å². The van der Waals surface area contributed by atoms with Gasteiger partial charge in [0.05, 0.1) is 29.4 Å². The highest BCUT2D eigenvalue weighted by Gasteiger charge is 2.41. The van der Waals surface area contributed by atoms with E-state index in [4.69, 9.17) is 15.2 Å². The maximum absolute atomic E-state index is 13.1. The van der Waals surface area contributed by atoms with Crippen LogP contribution in [-0.4, -0.2) is 35.7 Å². The van der Waals surface area contributed by atoms with Gasteiger partial charge in [-0.2, -0.15) is 13.2 Å². The number of halogens is 3. The molecule has 3 N–H and O–H groups in total. The molecule has 2 amide bonds. The second-order valence-corrected chi connectivity index (χ2v) is 6.68. The van der Waals surface area contributed by atoms with Crippen LogP contribution in [0.25, 0.3) is 10.8 Å². The summed E-state index contributed by atoms with van der Waals surface area (Å²) in [7, 11) is 0. The average molecular weight is 409 g/mol. The van der Waals surface area contributed by atoms with Crippen molar-refractivity contribution in [1.82, 2.24) is 10.3 Å². The van der Waals surface area contributed by atoms with E-state index in [9.17, 15) is 22.8 Å². The normalized spacial score (nSPS) is 14.5. The summed E-state index contributed by atoms with van der Waals surface area (Å²) in [6.45, 7) is 3.01. The number of alkyl halides is 3. The largest absolute Gasteiger partial charge is 0.490 e. The number of nitrogens with zero attached hydrogens (tertiary/aromatic N) is 1. The highest BCUT2D eigenvalue weighted by Crippen LogP contribution is 2.34. The average Bonchev–Trinajstić information content (AvgIpc) is 3.00. The number of ether oxygens (including phenoxy) is 2. The fourth-order valence-corrected chi connectivity index (χ4v) is 2.92. The number of hydrogen-bond donors (Lipinski definition) is 2. The number of nitrogens with two attached hydrogens (primary N) is 1. The molecule has 0 radical (unpaired) electrons. The molecule has 0 bridgehead atoms. The van der Waals surface area contributed by atoms with Crippen molar-refractivity contribution >= 4 is 22.6 Å². The number of pyridine rings is 1. The molecule has 0 fully saturated rings. The number of carbonyl (C=O) groups excluding carboxylic acids is 2. The summed E-state index contributed by atoms with van der Waals surface area (Å²) in [6.07, 6.45) is -4.25. The summed E-state index contributed by atoms with van der Waals surface area (Å²) in [5, 5.41) is 3.14. The van der Waals surface area contributed by atoms with Gasteiger partial charge in [-0.1, -0.05) is 0 Å². The molecule has 154 valence electrons. The Labute approximate surface area is 163 Å². The molecule has 0 spiro atoms. The lowest BCUT2D eigenvalue weighted by atomic mass is 10.1. The molecule has 2 heterocycles. The Balaban J connectivity index is 1.98. The van der Waals surface area contributed by atoms with Crippen molar-refractivity contribution in [3.8, 4) is 11.6 Å². The minimum absolute atomic E-state index is 0.0299. The van der Waals surface area contributed by atoms with E-state index in [0.717, 1.165) is 0 Å². The Morgan fingerprint density at radius 3 is 2.69 bits per heavy atom. The molecule has 1 aliphatic rings. The number of amides is 2. The lowest BCUT2D eigenvalue weighted by Gasteiger charge is -2.16. The van der Waals surface area contributed by atoms with Crippen LogP contribution in [-0.2, 0) is 4.79 Å². The zero-order valence-corrected chi connectivity index (χ0v) is 15.6. The predicted molar refractivity (Wildman–Crippen MR) is 97.4 cm³/mol. The van der Waals surface area contributed by atoms with Gasteiger partial charge in [0.2, 0.25) is 11.8 Å². The van der Waals surface area contributed by atoms with Gasteiger partial charge in [0.25, 0.3) is 5.91 Å². The Morgan fingerprint density at radius 2 is 2.07 bits per heavy atom. The van der Waals surface area contributed by atoms with Crippen molar-refractivity contribution in [2.75, 3.05) is 6.61 Å². The number of fused-ring (bicyclic) bond motifs is 1. The van der Waals surface area contributed by atoms with Crippen LogP contribution in [0, 0.1) is 0 Å². The second-order valence-electron chi connectivity index (χ2n) is 6.68. The molecular formula is C19H18F3N3O4. The van der Waals surface area contributed by atoms with E-state index in [0.29, 0.717) is 10.8 Å². The van der Waals surface area contributed by atoms with Crippen LogP contribution in [0.5, 0.6) is 11.6 Å². The van der Waals surface area contributed by atoms with Crippen LogP contribution < -0.4 is 20.5 Å². The first-order valence-corrected chi connectivity index (χ1v) is 8.67. The predicted octanol–water partition coefficient (Wildman–Crippen LogP) is 2.84. The fourth-order valence-electron chi connectivity index (χ4n) is 2.92. The quantitative estimate of drug-likeness (QED) is 0.764. The molecule has 2 aromatic rings. The number of nitrogens with one attached hydrogen (secondary N) is 1. The molecule has 0 saturated carbocycles. The van der Waals surface area contributed by atoms with Crippen LogP contribution in [0.3, 0.4) is 0 Å². The molecule has 10 heteroatoms. The van der Waals surface area contributed by atoms with Gasteiger partial charge in [0.1, 0.15) is 12.4 Å². The molecule has 1 aliphatic heterocycles. The van der Waals surface area contributed by atoms with Crippen molar-refractivity contribution in [3.63, 3.8) is 0 Å². The van der Waals surface area contributed by atoms with Crippen molar-refractivity contribution in [3.05, 3.63) is 41.2 Å². The Kier molecular flexibility index (Phi) is 5.36. The third-order valence-electron chi connectivity index (χ3n) is 4.14. The van der Waals surface area contributed by atoms with E-state index >= 15 is 0 Å². The monoisotopic (exact) mass is 409 g/mol. The molecule has 1 aromatic carbocycles. The van der Waals surface area contributed by atoms with Crippen LogP contribution >= 0.6 is 0 Å². The van der Waals surface area contributed by atoms with E-state index in [1.807, 2.05) is 0 Å². The Hall–Kier alpha value is -3.30. The topological polar surface area (TPSA) is 104 Å². The summed E-state index contributed by atoms with van der Waals surface area (Å²) >= 11 is 0. The van der Waals surface area contributed by atoms with Gasteiger partial charge in [-0.25, -0.2) is 4.98 Å². The summed E-state index contributed by atoms with van der Waals surface area (Å²) in [6, 6.07) is 4.61. The standard InChI is InChI=1S/C19H18F3N3O4/c1-9(2)29-15-6-11-10(5-12(15)17(23)27)3-4-24-18(11)28-8-14-13(19(20,21)22)7-16(26)25-14/h3-6,9H,7-8H2,1-2H3,(H2,23,27)(H,25,26). The number of benzene rings is 1. The first kappa shape index (κ1) is 20.4. The van der Waals surface area contributed by atoms with E-state index in [2.05, 4.69) is 10.3 Å². The third-order valence-corrected chi connectivity index (χ3v) is 4.14. The summed E-state index contributed by atoms with van der Waals surface area (Å²) in [5.74, 6) is -1.19. The minimum Gasteiger partial charge on any atom is -0.490 e. The van der Waals surface area contributed by atoms with Crippen LogP contribution in [0.2, 0.25) is 0 Å². The zero-order chi connectivity index (χ0) is 21.3. The van der Waals surface area contributed by atoms with Crippen molar-refractivity contribution in [2.24, 2.45) is 5.73 Å². The SMILES string of the molecule is CC(C)Oc1cc2c(OCC3=C(C(F)(F)F)CC(=O)N3)nccc2cc1C(N)=O. The molecule has 0 aliphatic carbocycles. The smallest absolute Gasteiger partial charge is 0.414 e. The van der Waals surface area contributed by atoms with E-state index in [1.165, 1.54) is 18.3 Å². The van der Waals surface area contributed by atoms with Gasteiger partial charge in [0, 0.05) is 11.6 Å². The molecule has 0 unspecified atom stereocenters. The first-order valence-electron chi connectivity index (χ1n) is 8.67. The summed E-state index contributed by atoms with van der Waals surface area (Å²) in [5.41, 5.74) is 4.25. The molecule has 0 atom stereocenters. The number of hydrogen-bond acceptors (Lipinski definition) is 5. The summed E-state index contributed by atoms with van der Waals surface area (Å²) < 4.78 is 50.3. The summed E-state index contributed by atoms with van der Waals surface area (Å²) in [4.78, 5) is 27.2. The highest BCUT2D eigenvalue weighted by atomic mass is 19.4. The van der Waals surface area contributed by atoms with Gasteiger partial charge in [-0.05, 0) is 37.4 Å². The maximum atomic E-state index is 13.1. The zero-order valence-electron chi connectivity index (χ0n) is 15.6. The fraction of sp³-hybridized carbons (Fsp3) is 0.316. The number of carbonyl (C=O) groups is 2. The van der Waals surface area contributed by atoms with Gasteiger partial charge < -0.3 is 20.5 Å². The van der Waals surface area contributed by atoms with E-state index in [-0.39, 0.29) is 29.0 Å². The number of primary amides is 1. The minimum atomic E-state index is -4.64. The third kappa shape index (κ3) is 4.41. The lowest BCUT2D eigenvalue weighted by molar-refractivity contribution is -0.121. The molecular weight excluding hydrogens is 391 g/mol. The van der Waals surface area contributed by atoms with Crippen molar-refractivity contribution < 1.29 is 32.2 Å². The van der Waals surface area contributed by atoms with E-state index in [1.54, 1.807) is 19.9 Å². The molecule has 1 aromatic heterocycles. The van der Waals surface area contributed by atoms with Gasteiger partial charge in [-0.3, -0.25) is 9.59 Å². The molecule has 0 saturated heterocycles. The van der Waals surface area contributed by atoms with Gasteiger partial charge in [-0.15, -0.1) is 0 Å². The number of aromatic nitrogens is 1. The Morgan fingerprint density at radius 1 is 1.34 bits per heavy atom. The van der Waals surface area contributed by atoms with E-state index < -0.39 is 36.6 Å². The van der Waals surface area contributed by atoms with Crippen molar-refractivity contribution in [2.45, 2.75) is 32.5 Å². The first-order chi connectivity index (χ1) is 13.6. The number of rotatable bonds is 6. The van der Waals surface area contributed by atoms with Crippen LogP contribution in [0.15, 0.2) is 35.7 Å². The molecule has 29 heavy (non-hydrogen) atoms. The Bertz CT molecular complexity index is 1020. The molecule has 7 nitrogen and oxygen atoms in total. The van der Waals surface area contributed by atoms with Gasteiger partial charge >= 0.3 is 6.18 Å². The maximum Gasteiger partial charge on any atom is 0.414 e. The second kappa shape index (κ2) is 7.61. The molecule has 3 rings (SSSR count).